The van der Waals surface area contributed by atoms with Crippen LogP contribution in [0.1, 0.15) is 10.4 Å². The maximum atomic E-state index is 3.54. The lowest BCUT2D eigenvalue weighted by Gasteiger charge is -2.21. The number of benzene rings is 1. The molecule has 0 aliphatic carbocycles. The van der Waals surface area contributed by atoms with E-state index in [0.717, 1.165) is 31.4 Å². The Morgan fingerprint density at radius 2 is 1.83 bits per heavy atom. The molecule has 0 saturated carbocycles. The van der Waals surface area contributed by atoms with Crippen LogP contribution in [0.5, 0.6) is 0 Å². The minimum absolute atomic E-state index is 1.03. The largest absolute Gasteiger partial charge is 0.298 e. The van der Waals surface area contributed by atoms with Gasteiger partial charge in [-0.05, 0) is 23.4 Å². The number of thiophene rings is 1. The molecule has 1 nitrogen and oxygen atoms in total. The van der Waals surface area contributed by atoms with Crippen LogP contribution in [-0.2, 0) is 13.0 Å². The first kappa shape index (κ1) is 13.8. The van der Waals surface area contributed by atoms with Gasteiger partial charge in [0.15, 0.2) is 0 Å². The molecule has 0 saturated heterocycles. The second-order valence-corrected chi connectivity index (χ2v) is 6.11. The van der Waals surface area contributed by atoms with Crippen molar-refractivity contribution < 1.29 is 0 Å². The van der Waals surface area contributed by atoms with Crippen LogP contribution in [0.25, 0.3) is 0 Å². The molecule has 0 N–H and O–H groups in total. The van der Waals surface area contributed by atoms with Crippen molar-refractivity contribution in [1.29, 1.82) is 0 Å². The summed E-state index contributed by atoms with van der Waals surface area (Å²) >= 11 is 5.39. The molecule has 1 aromatic heterocycles. The highest BCUT2D eigenvalue weighted by atomic mass is 79.9. The van der Waals surface area contributed by atoms with Gasteiger partial charge in [0.05, 0.1) is 0 Å². The maximum Gasteiger partial charge on any atom is 0.0234 e. The summed E-state index contributed by atoms with van der Waals surface area (Å²) in [6.07, 6.45) is 1.15. The third kappa shape index (κ3) is 4.56. The molecule has 0 atom stereocenters. The second-order valence-electron chi connectivity index (χ2n) is 4.28. The SMILES string of the molecule is BrCCN(CCc1cccs1)Cc1ccccc1. The van der Waals surface area contributed by atoms with Crippen LogP contribution >= 0.6 is 27.3 Å². The van der Waals surface area contributed by atoms with E-state index in [4.69, 9.17) is 0 Å². The third-order valence-corrected chi connectivity index (χ3v) is 4.20. The quantitative estimate of drug-likeness (QED) is 0.691. The molecular weight excluding hydrogens is 306 g/mol. The lowest BCUT2D eigenvalue weighted by Crippen LogP contribution is -2.27. The monoisotopic (exact) mass is 323 g/mol. The predicted octanol–water partition coefficient (Wildman–Crippen LogP) is 4.19. The van der Waals surface area contributed by atoms with Crippen LogP contribution in [0, 0.1) is 0 Å². The molecule has 0 bridgehead atoms. The summed E-state index contributed by atoms with van der Waals surface area (Å²) in [5.41, 5.74) is 1.39. The van der Waals surface area contributed by atoms with Gasteiger partial charge < -0.3 is 0 Å². The second kappa shape index (κ2) is 7.72. The Labute approximate surface area is 122 Å². The predicted molar refractivity (Wildman–Crippen MR) is 83.5 cm³/mol. The third-order valence-electron chi connectivity index (χ3n) is 2.90. The molecule has 0 aliphatic rings. The van der Waals surface area contributed by atoms with E-state index in [2.05, 4.69) is 68.7 Å². The van der Waals surface area contributed by atoms with Gasteiger partial charge in [0, 0.05) is 29.8 Å². The van der Waals surface area contributed by atoms with Gasteiger partial charge in [-0.2, -0.15) is 0 Å². The Hall–Kier alpha value is -0.640. The molecular formula is C15H18BrNS. The summed E-state index contributed by atoms with van der Waals surface area (Å²) in [6.45, 7) is 3.26. The van der Waals surface area contributed by atoms with E-state index >= 15 is 0 Å². The molecule has 1 heterocycles. The van der Waals surface area contributed by atoms with Gasteiger partial charge in [0.2, 0.25) is 0 Å². The van der Waals surface area contributed by atoms with Crippen molar-refractivity contribution in [2.45, 2.75) is 13.0 Å². The molecule has 0 fully saturated rings. The van der Waals surface area contributed by atoms with E-state index in [1.165, 1.54) is 10.4 Å². The Bertz CT molecular complexity index is 427. The van der Waals surface area contributed by atoms with E-state index in [-0.39, 0.29) is 0 Å². The standard InChI is InChI=1S/C15H18BrNS/c16-9-11-17(10-8-15-7-4-12-18-15)13-14-5-2-1-3-6-14/h1-7,12H,8-11,13H2. The van der Waals surface area contributed by atoms with Gasteiger partial charge in [-0.25, -0.2) is 0 Å². The normalized spacial score (nSPS) is 11.0. The topological polar surface area (TPSA) is 3.24 Å². The Morgan fingerprint density at radius 1 is 1.00 bits per heavy atom. The zero-order valence-electron chi connectivity index (χ0n) is 10.4. The van der Waals surface area contributed by atoms with Gasteiger partial charge in [-0.15, -0.1) is 11.3 Å². The van der Waals surface area contributed by atoms with Crippen molar-refractivity contribution in [2.75, 3.05) is 18.4 Å². The van der Waals surface area contributed by atoms with Crippen molar-refractivity contribution in [3.63, 3.8) is 0 Å². The van der Waals surface area contributed by atoms with Crippen LogP contribution in [0.2, 0.25) is 0 Å². The van der Waals surface area contributed by atoms with E-state index in [1.807, 2.05) is 11.3 Å². The molecule has 18 heavy (non-hydrogen) atoms. The highest BCUT2D eigenvalue weighted by molar-refractivity contribution is 9.09. The average Bonchev–Trinajstić information content (AvgIpc) is 2.91. The molecule has 0 spiro atoms. The molecule has 0 radical (unpaired) electrons. The van der Waals surface area contributed by atoms with E-state index in [9.17, 15) is 0 Å². The summed E-state index contributed by atoms with van der Waals surface area (Å²) < 4.78 is 0. The minimum Gasteiger partial charge on any atom is -0.298 e. The molecule has 0 aliphatic heterocycles. The first-order chi connectivity index (χ1) is 8.88. The van der Waals surface area contributed by atoms with Gasteiger partial charge in [-0.3, -0.25) is 4.90 Å². The summed E-state index contributed by atoms with van der Waals surface area (Å²) in [5, 5.41) is 3.19. The van der Waals surface area contributed by atoms with Crippen LogP contribution in [0.15, 0.2) is 47.8 Å². The maximum absolute atomic E-state index is 3.54. The molecule has 3 heteroatoms. The minimum atomic E-state index is 1.03. The lowest BCUT2D eigenvalue weighted by molar-refractivity contribution is 0.287. The molecule has 2 rings (SSSR count). The number of nitrogens with zero attached hydrogens (tertiary/aromatic N) is 1. The lowest BCUT2D eigenvalue weighted by atomic mass is 10.2. The summed E-state index contributed by atoms with van der Waals surface area (Å²) in [5.74, 6) is 0. The van der Waals surface area contributed by atoms with E-state index < -0.39 is 0 Å². The number of hydrogen-bond acceptors (Lipinski definition) is 2. The fraction of sp³-hybridized carbons (Fsp3) is 0.333. The molecule has 96 valence electrons. The molecule has 0 amide bonds. The molecule has 2 aromatic rings. The fourth-order valence-corrected chi connectivity index (χ4v) is 3.15. The fourth-order valence-electron chi connectivity index (χ4n) is 1.95. The number of alkyl halides is 1. The molecule has 1 aromatic carbocycles. The van der Waals surface area contributed by atoms with Gasteiger partial charge in [0.25, 0.3) is 0 Å². The number of hydrogen-bond donors (Lipinski definition) is 0. The Kier molecular flexibility index (Phi) is 5.91. The van der Waals surface area contributed by atoms with E-state index in [0.29, 0.717) is 0 Å². The van der Waals surface area contributed by atoms with Crippen LogP contribution in [-0.4, -0.2) is 23.3 Å². The zero-order chi connectivity index (χ0) is 12.6. The van der Waals surface area contributed by atoms with Crippen molar-refractivity contribution in [1.82, 2.24) is 4.90 Å². The first-order valence-corrected chi connectivity index (χ1v) is 8.23. The van der Waals surface area contributed by atoms with Gasteiger partial charge in [0.1, 0.15) is 0 Å². The van der Waals surface area contributed by atoms with Crippen LogP contribution < -0.4 is 0 Å². The number of rotatable bonds is 7. The average molecular weight is 324 g/mol. The Morgan fingerprint density at radius 3 is 2.50 bits per heavy atom. The van der Waals surface area contributed by atoms with Crippen LogP contribution in [0.4, 0.5) is 0 Å². The van der Waals surface area contributed by atoms with Crippen molar-refractivity contribution >= 4 is 27.3 Å². The first-order valence-electron chi connectivity index (χ1n) is 6.23. The van der Waals surface area contributed by atoms with Crippen molar-refractivity contribution in [3.8, 4) is 0 Å². The summed E-state index contributed by atoms with van der Waals surface area (Å²) in [7, 11) is 0. The summed E-state index contributed by atoms with van der Waals surface area (Å²) in [6, 6.07) is 15.1. The molecule has 0 unspecified atom stereocenters. The van der Waals surface area contributed by atoms with Crippen molar-refractivity contribution in [3.05, 3.63) is 58.3 Å². The number of halogens is 1. The van der Waals surface area contributed by atoms with Gasteiger partial charge in [-0.1, -0.05) is 52.3 Å². The zero-order valence-corrected chi connectivity index (χ0v) is 12.8. The Balaban J connectivity index is 1.87. The van der Waals surface area contributed by atoms with Crippen LogP contribution in [0.3, 0.4) is 0 Å². The van der Waals surface area contributed by atoms with E-state index in [1.54, 1.807) is 0 Å². The van der Waals surface area contributed by atoms with Gasteiger partial charge >= 0.3 is 0 Å². The van der Waals surface area contributed by atoms with Crippen molar-refractivity contribution in [2.24, 2.45) is 0 Å². The summed E-state index contributed by atoms with van der Waals surface area (Å²) in [4.78, 5) is 3.98. The smallest absolute Gasteiger partial charge is 0.0234 e. The highest BCUT2D eigenvalue weighted by Gasteiger charge is 2.05. The highest BCUT2D eigenvalue weighted by Crippen LogP contribution is 2.11.